The summed E-state index contributed by atoms with van der Waals surface area (Å²) in [4.78, 5) is 12.3. The Morgan fingerprint density at radius 3 is 2.79 bits per heavy atom. The van der Waals surface area contributed by atoms with Crippen LogP contribution in [0, 0.1) is 19.3 Å². The molecule has 0 aliphatic carbocycles. The van der Waals surface area contributed by atoms with Crippen LogP contribution in [0.4, 0.5) is 0 Å². The highest BCUT2D eigenvalue weighted by Crippen LogP contribution is 2.25. The molecule has 2 N–H and O–H groups in total. The van der Waals surface area contributed by atoms with Crippen LogP contribution >= 0.6 is 0 Å². The SMILES string of the molecule is Cc1nn(C)c(C)c1CNC(=O)C1(C)CCCNC1. The molecule has 106 valence electrons. The van der Waals surface area contributed by atoms with Gasteiger partial charge in [-0.3, -0.25) is 9.48 Å². The van der Waals surface area contributed by atoms with Crippen LogP contribution in [0.15, 0.2) is 0 Å². The Hall–Kier alpha value is -1.36. The standard InChI is InChI=1S/C14H24N4O/c1-10-12(11(2)18(4)17-10)8-16-13(19)14(3)6-5-7-15-9-14/h15H,5-9H2,1-4H3,(H,16,19). The summed E-state index contributed by atoms with van der Waals surface area (Å²) in [5.41, 5.74) is 2.96. The van der Waals surface area contributed by atoms with Crippen LogP contribution in [-0.2, 0) is 18.4 Å². The van der Waals surface area contributed by atoms with Crippen molar-refractivity contribution >= 4 is 5.91 Å². The van der Waals surface area contributed by atoms with Crippen molar-refractivity contribution in [3.63, 3.8) is 0 Å². The number of carbonyl (C=O) groups excluding carboxylic acids is 1. The lowest BCUT2D eigenvalue weighted by Gasteiger charge is -2.32. The molecule has 1 atom stereocenters. The molecule has 0 spiro atoms. The van der Waals surface area contributed by atoms with Crippen molar-refractivity contribution in [1.82, 2.24) is 20.4 Å². The van der Waals surface area contributed by atoms with Gasteiger partial charge in [-0.05, 0) is 40.2 Å². The Bertz CT molecular complexity index is 472. The third kappa shape index (κ3) is 2.81. The van der Waals surface area contributed by atoms with Crippen LogP contribution in [0.25, 0.3) is 0 Å². The van der Waals surface area contributed by atoms with Crippen molar-refractivity contribution in [1.29, 1.82) is 0 Å². The van der Waals surface area contributed by atoms with Gasteiger partial charge in [0.25, 0.3) is 0 Å². The lowest BCUT2D eigenvalue weighted by Crippen LogP contribution is -2.48. The number of aryl methyl sites for hydroxylation is 2. The van der Waals surface area contributed by atoms with Crippen LogP contribution in [0.5, 0.6) is 0 Å². The third-order valence-electron chi connectivity index (χ3n) is 4.23. The topological polar surface area (TPSA) is 59.0 Å². The molecule has 1 unspecified atom stereocenters. The van der Waals surface area contributed by atoms with Crippen molar-refractivity contribution in [3.05, 3.63) is 17.0 Å². The predicted molar refractivity (Wildman–Crippen MR) is 74.7 cm³/mol. The minimum atomic E-state index is -0.276. The zero-order valence-corrected chi connectivity index (χ0v) is 12.3. The molecular formula is C14H24N4O. The quantitative estimate of drug-likeness (QED) is 0.857. The number of aromatic nitrogens is 2. The molecular weight excluding hydrogens is 240 g/mol. The molecule has 1 aromatic rings. The van der Waals surface area contributed by atoms with E-state index in [0.29, 0.717) is 6.54 Å². The van der Waals surface area contributed by atoms with Crippen molar-refractivity contribution < 1.29 is 4.79 Å². The summed E-state index contributed by atoms with van der Waals surface area (Å²) in [5, 5.41) is 10.7. The van der Waals surface area contributed by atoms with E-state index in [1.165, 1.54) is 0 Å². The van der Waals surface area contributed by atoms with E-state index in [-0.39, 0.29) is 11.3 Å². The average molecular weight is 264 g/mol. The maximum absolute atomic E-state index is 12.3. The van der Waals surface area contributed by atoms with E-state index >= 15 is 0 Å². The van der Waals surface area contributed by atoms with E-state index in [0.717, 1.165) is 42.9 Å². The van der Waals surface area contributed by atoms with Crippen molar-refractivity contribution in [3.8, 4) is 0 Å². The molecule has 0 aromatic carbocycles. The molecule has 19 heavy (non-hydrogen) atoms. The molecule has 1 fully saturated rings. The maximum atomic E-state index is 12.3. The molecule has 1 aromatic heterocycles. The van der Waals surface area contributed by atoms with Gasteiger partial charge in [0.05, 0.1) is 11.1 Å². The molecule has 5 heteroatoms. The summed E-state index contributed by atoms with van der Waals surface area (Å²) in [5.74, 6) is 0.141. The number of rotatable bonds is 3. The minimum absolute atomic E-state index is 0.141. The van der Waals surface area contributed by atoms with E-state index in [4.69, 9.17) is 0 Å². The molecule has 2 heterocycles. The Morgan fingerprint density at radius 1 is 1.53 bits per heavy atom. The first kappa shape index (κ1) is 14.1. The minimum Gasteiger partial charge on any atom is -0.351 e. The monoisotopic (exact) mass is 264 g/mol. The van der Waals surface area contributed by atoms with Crippen LogP contribution < -0.4 is 10.6 Å². The number of carbonyl (C=O) groups is 1. The number of amides is 1. The summed E-state index contributed by atoms with van der Waals surface area (Å²) >= 11 is 0. The van der Waals surface area contributed by atoms with Crippen molar-refractivity contribution in [2.75, 3.05) is 13.1 Å². The zero-order valence-electron chi connectivity index (χ0n) is 12.3. The van der Waals surface area contributed by atoms with Crippen molar-refractivity contribution in [2.24, 2.45) is 12.5 Å². The van der Waals surface area contributed by atoms with Gasteiger partial charge in [-0.15, -0.1) is 0 Å². The summed E-state index contributed by atoms with van der Waals surface area (Å²) < 4.78 is 1.86. The van der Waals surface area contributed by atoms with E-state index in [1.54, 1.807) is 0 Å². The van der Waals surface area contributed by atoms with Gasteiger partial charge in [-0.2, -0.15) is 5.10 Å². The van der Waals surface area contributed by atoms with Crippen LogP contribution in [0.2, 0.25) is 0 Å². The second-order valence-electron chi connectivity index (χ2n) is 5.80. The van der Waals surface area contributed by atoms with E-state index in [1.807, 2.05) is 32.5 Å². The van der Waals surface area contributed by atoms with Crippen LogP contribution in [0.3, 0.4) is 0 Å². The number of piperidine rings is 1. The van der Waals surface area contributed by atoms with Gasteiger partial charge >= 0.3 is 0 Å². The van der Waals surface area contributed by atoms with Gasteiger partial charge in [-0.1, -0.05) is 0 Å². The van der Waals surface area contributed by atoms with Gasteiger partial charge in [0.2, 0.25) is 5.91 Å². The van der Waals surface area contributed by atoms with E-state index in [9.17, 15) is 4.79 Å². The zero-order chi connectivity index (χ0) is 14.0. The molecule has 1 amide bonds. The molecule has 1 aliphatic heterocycles. The lowest BCUT2D eigenvalue weighted by atomic mass is 9.82. The first-order chi connectivity index (χ1) is 8.94. The Morgan fingerprint density at radius 2 is 2.26 bits per heavy atom. The number of hydrogen-bond acceptors (Lipinski definition) is 3. The summed E-state index contributed by atoms with van der Waals surface area (Å²) in [6, 6.07) is 0. The van der Waals surface area contributed by atoms with Crippen molar-refractivity contribution in [2.45, 2.75) is 40.2 Å². The van der Waals surface area contributed by atoms with Gasteiger partial charge in [-0.25, -0.2) is 0 Å². The molecule has 1 aliphatic rings. The molecule has 2 rings (SSSR count). The van der Waals surface area contributed by atoms with Crippen LogP contribution in [-0.4, -0.2) is 28.8 Å². The number of hydrogen-bond donors (Lipinski definition) is 2. The first-order valence-electron chi connectivity index (χ1n) is 6.92. The highest BCUT2D eigenvalue weighted by atomic mass is 16.2. The highest BCUT2D eigenvalue weighted by Gasteiger charge is 2.34. The van der Waals surface area contributed by atoms with Gasteiger partial charge in [0.15, 0.2) is 0 Å². The summed E-state index contributed by atoms with van der Waals surface area (Å²) in [6.45, 7) is 8.41. The fraction of sp³-hybridized carbons (Fsp3) is 0.714. The second-order valence-corrected chi connectivity index (χ2v) is 5.80. The van der Waals surface area contributed by atoms with Gasteiger partial charge in [0.1, 0.15) is 0 Å². The fourth-order valence-electron chi connectivity index (χ4n) is 2.71. The second kappa shape index (κ2) is 5.33. The van der Waals surface area contributed by atoms with Crippen LogP contribution in [0.1, 0.15) is 36.7 Å². The van der Waals surface area contributed by atoms with Gasteiger partial charge in [0, 0.05) is 31.4 Å². The normalized spacial score (nSPS) is 23.4. The Balaban J connectivity index is 2.00. The van der Waals surface area contributed by atoms with E-state index < -0.39 is 0 Å². The number of nitrogens with one attached hydrogen (secondary N) is 2. The molecule has 0 radical (unpaired) electrons. The third-order valence-corrected chi connectivity index (χ3v) is 4.23. The number of nitrogens with zero attached hydrogens (tertiary/aromatic N) is 2. The summed E-state index contributed by atoms with van der Waals surface area (Å²) in [6.07, 6.45) is 2.02. The molecule has 0 saturated carbocycles. The molecule has 1 saturated heterocycles. The average Bonchev–Trinajstić information content (AvgIpc) is 2.62. The fourth-order valence-corrected chi connectivity index (χ4v) is 2.71. The van der Waals surface area contributed by atoms with Gasteiger partial charge < -0.3 is 10.6 Å². The van der Waals surface area contributed by atoms with E-state index in [2.05, 4.69) is 15.7 Å². The lowest BCUT2D eigenvalue weighted by molar-refractivity contribution is -0.131. The molecule has 5 nitrogen and oxygen atoms in total. The predicted octanol–water partition coefficient (Wildman–Crippen LogP) is 1.04. The smallest absolute Gasteiger partial charge is 0.227 e. The Labute approximate surface area is 114 Å². The largest absolute Gasteiger partial charge is 0.351 e. The summed E-state index contributed by atoms with van der Waals surface area (Å²) in [7, 11) is 1.93. The first-order valence-corrected chi connectivity index (χ1v) is 6.92. The maximum Gasteiger partial charge on any atom is 0.227 e. The Kier molecular flexibility index (Phi) is 3.94. The highest BCUT2D eigenvalue weighted by molar-refractivity contribution is 5.82. The molecule has 0 bridgehead atoms.